The van der Waals surface area contributed by atoms with Crippen LogP contribution in [0.25, 0.3) is 0 Å². The van der Waals surface area contributed by atoms with Crippen molar-refractivity contribution in [3.05, 3.63) is 35.4 Å². The molecule has 0 spiro atoms. The Morgan fingerprint density at radius 1 is 1.42 bits per heavy atom. The lowest BCUT2D eigenvalue weighted by Crippen LogP contribution is -2.47. The second-order valence-corrected chi connectivity index (χ2v) is 7.19. The Bertz CT molecular complexity index is 711. The first kappa shape index (κ1) is 18.8. The third-order valence-electron chi connectivity index (χ3n) is 3.84. The fourth-order valence-corrected chi connectivity index (χ4v) is 4.26. The van der Waals surface area contributed by atoms with Crippen LogP contribution in [0.3, 0.4) is 0 Å². The van der Waals surface area contributed by atoms with Gasteiger partial charge in [-0.2, -0.15) is 17.4 Å². The number of benzene rings is 1. The van der Waals surface area contributed by atoms with Crippen LogP contribution in [-0.4, -0.2) is 37.9 Å². The smallest absolute Gasteiger partial charge is 0.324 e. The summed E-state index contributed by atoms with van der Waals surface area (Å²) < 4.78 is 59.7. The van der Waals surface area contributed by atoms with Crippen LogP contribution in [0, 0.1) is 11.6 Å². The summed E-state index contributed by atoms with van der Waals surface area (Å²) in [5.41, 5.74) is 0.282. The van der Waals surface area contributed by atoms with Crippen molar-refractivity contribution in [2.75, 3.05) is 13.2 Å². The molecule has 1 heterocycles. The van der Waals surface area contributed by atoms with E-state index < -0.39 is 39.9 Å². The van der Waals surface area contributed by atoms with Gasteiger partial charge in [-0.1, -0.05) is 6.07 Å². The molecular weight excluding hydrogens is 342 g/mol. The average Bonchev–Trinajstić information content (AvgIpc) is 3.00. The van der Waals surface area contributed by atoms with Gasteiger partial charge >= 0.3 is 5.97 Å². The Morgan fingerprint density at radius 2 is 2.12 bits per heavy atom. The summed E-state index contributed by atoms with van der Waals surface area (Å²) in [6.45, 7) is 3.53. The Balaban J connectivity index is 2.14. The molecule has 0 aromatic heterocycles. The molecule has 0 saturated carbocycles. The van der Waals surface area contributed by atoms with E-state index in [1.165, 1.54) is 13.0 Å². The van der Waals surface area contributed by atoms with Crippen LogP contribution in [0.2, 0.25) is 0 Å². The molecule has 0 aliphatic carbocycles. The quantitative estimate of drug-likeness (QED) is 0.784. The van der Waals surface area contributed by atoms with Gasteiger partial charge in [0.2, 0.25) is 0 Å². The SMILES string of the molecule is CCOC(=O)[C@@H]1CCCN1S(=O)(=O)N[C@H](C)c1ccc(F)c(F)c1. The molecule has 0 amide bonds. The second kappa shape index (κ2) is 7.54. The van der Waals surface area contributed by atoms with Crippen molar-refractivity contribution in [2.45, 2.75) is 38.8 Å². The van der Waals surface area contributed by atoms with Crippen LogP contribution in [0.5, 0.6) is 0 Å². The maximum atomic E-state index is 13.3. The molecule has 2 rings (SSSR count). The van der Waals surface area contributed by atoms with E-state index in [9.17, 15) is 22.0 Å². The number of esters is 1. The molecule has 0 bridgehead atoms. The fourth-order valence-electron chi connectivity index (χ4n) is 2.64. The zero-order valence-corrected chi connectivity index (χ0v) is 14.3. The molecule has 1 fully saturated rings. The van der Waals surface area contributed by atoms with Gasteiger partial charge in [0.05, 0.1) is 6.61 Å². The van der Waals surface area contributed by atoms with Gasteiger partial charge in [-0.25, -0.2) is 8.78 Å². The molecule has 1 aliphatic heterocycles. The van der Waals surface area contributed by atoms with Gasteiger partial charge < -0.3 is 4.74 Å². The normalized spacial score (nSPS) is 20.1. The minimum Gasteiger partial charge on any atom is -0.465 e. The Kier molecular flexibility index (Phi) is 5.89. The van der Waals surface area contributed by atoms with E-state index >= 15 is 0 Å². The van der Waals surface area contributed by atoms with Crippen LogP contribution in [0.4, 0.5) is 8.78 Å². The van der Waals surface area contributed by atoms with Gasteiger partial charge in [0.25, 0.3) is 10.2 Å². The number of nitrogens with zero attached hydrogens (tertiary/aromatic N) is 1. The number of rotatable bonds is 6. The molecule has 134 valence electrons. The number of carbonyl (C=O) groups is 1. The van der Waals surface area contributed by atoms with Gasteiger partial charge in [-0.3, -0.25) is 4.79 Å². The highest BCUT2D eigenvalue weighted by molar-refractivity contribution is 7.87. The van der Waals surface area contributed by atoms with Crippen molar-refractivity contribution in [2.24, 2.45) is 0 Å². The zero-order chi connectivity index (χ0) is 17.9. The monoisotopic (exact) mass is 362 g/mol. The van der Waals surface area contributed by atoms with Crippen molar-refractivity contribution < 1.29 is 26.7 Å². The molecule has 1 aliphatic rings. The van der Waals surface area contributed by atoms with E-state index in [0.717, 1.165) is 16.4 Å². The summed E-state index contributed by atoms with van der Waals surface area (Å²) in [7, 11) is -3.98. The fraction of sp³-hybridized carbons (Fsp3) is 0.533. The summed E-state index contributed by atoms with van der Waals surface area (Å²) in [6, 6.07) is 1.54. The van der Waals surface area contributed by atoms with Gasteiger partial charge in [0, 0.05) is 12.6 Å². The van der Waals surface area contributed by atoms with Gasteiger partial charge in [0.1, 0.15) is 6.04 Å². The van der Waals surface area contributed by atoms with Gasteiger partial charge in [-0.15, -0.1) is 0 Å². The number of hydrogen-bond donors (Lipinski definition) is 1. The average molecular weight is 362 g/mol. The molecule has 1 N–H and O–H groups in total. The molecule has 6 nitrogen and oxygen atoms in total. The molecule has 2 atom stereocenters. The number of halogens is 2. The van der Waals surface area contributed by atoms with Crippen molar-refractivity contribution in [1.29, 1.82) is 0 Å². The highest BCUT2D eigenvalue weighted by Gasteiger charge is 2.40. The maximum Gasteiger partial charge on any atom is 0.324 e. The topological polar surface area (TPSA) is 75.7 Å². The number of hydrogen-bond acceptors (Lipinski definition) is 4. The zero-order valence-electron chi connectivity index (χ0n) is 13.5. The minimum atomic E-state index is -3.98. The molecule has 24 heavy (non-hydrogen) atoms. The Morgan fingerprint density at radius 3 is 2.75 bits per heavy atom. The van der Waals surface area contributed by atoms with Crippen molar-refractivity contribution in [3.63, 3.8) is 0 Å². The highest BCUT2D eigenvalue weighted by Crippen LogP contribution is 2.24. The molecule has 9 heteroatoms. The maximum absolute atomic E-state index is 13.3. The molecule has 1 saturated heterocycles. The van der Waals surface area contributed by atoms with E-state index in [0.29, 0.717) is 12.8 Å². The van der Waals surface area contributed by atoms with Crippen LogP contribution >= 0.6 is 0 Å². The molecule has 0 unspecified atom stereocenters. The summed E-state index contributed by atoms with van der Waals surface area (Å²) in [6.07, 6.45) is 0.934. The largest absolute Gasteiger partial charge is 0.465 e. The third kappa shape index (κ3) is 4.08. The van der Waals surface area contributed by atoms with E-state index in [1.54, 1.807) is 6.92 Å². The number of ether oxygens (including phenoxy) is 1. The summed E-state index contributed by atoms with van der Waals surface area (Å²) >= 11 is 0. The first-order valence-electron chi connectivity index (χ1n) is 7.67. The summed E-state index contributed by atoms with van der Waals surface area (Å²) in [4.78, 5) is 11.9. The second-order valence-electron chi connectivity index (χ2n) is 5.54. The summed E-state index contributed by atoms with van der Waals surface area (Å²) in [5, 5.41) is 0. The first-order valence-corrected chi connectivity index (χ1v) is 9.11. The molecular formula is C15H20F2N2O4S. The van der Waals surface area contributed by atoms with Crippen LogP contribution in [-0.2, 0) is 19.7 Å². The van der Waals surface area contributed by atoms with E-state index in [2.05, 4.69) is 4.72 Å². The number of carbonyl (C=O) groups excluding carboxylic acids is 1. The predicted octanol–water partition coefficient (Wildman–Crippen LogP) is 1.89. The minimum absolute atomic E-state index is 0.169. The lowest BCUT2D eigenvalue weighted by Gasteiger charge is -2.25. The van der Waals surface area contributed by atoms with Crippen LogP contribution in [0.1, 0.15) is 38.3 Å². The van der Waals surface area contributed by atoms with Crippen molar-refractivity contribution >= 4 is 16.2 Å². The third-order valence-corrected chi connectivity index (χ3v) is 5.55. The highest BCUT2D eigenvalue weighted by atomic mass is 32.2. The Labute approximate surface area is 140 Å². The lowest BCUT2D eigenvalue weighted by atomic mass is 10.1. The van der Waals surface area contributed by atoms with Crippen LogP contribution in [0.15, 0.2) is 18.2 Å². The molecule has 0 radical (unpaired) electrons. The first-order chi connectivity index (χ1) is 11.3. The van der Waals surface area contributed by atoms with Crippen molar-refractivity contribution in [1.82, 2.24) is 9.03 Å². The summed E-state index contributed by atoms with van der Waals surface area (Å²) in [5.74, 6) is -2.64. The lowest BCUT2D eigenvalue weighted by molar-refractivity contribution is -0.146. The molecule has 1 aromatic carbocycles. The van der Waals surface area contributed by atoms with E-state index in [1.807, 2.05) is 0 Å². The van der Waals surface area contributed by atoms with Crippen LogP contribution < -0.4 is 4.72 Å². The van der Waals surface area contributed by atoms with E-state index in [4.69, 9.17) is 4.74 Å². The van der Waals surface area contributed by atoms with Gasteiger partial charge in [0.15, 0.2) is 11.6 Å². The standard InChI is InChI=1S/C15H20F2N2O4S/c1-3-23-15(20)14-5-4-8-19(14)24(21,22)18-10(2)11-6-7-12(16)13(17)9-11/h6-7,9-10,14,18H,3-5,8H2,1-2H3/t10-,14+/m1/s1. The van der Waals surface area contributed by atoms with Crippen molar-refractivity contribution in [3.8, 4) is 0 Å². The van der Waals surface area contributed by atoms with E-state index in [-0.39, 0.29) is 18.7 Å². The predicted molar refractivity (Wildman–Crippen MR) is 83.2 cm³/mol. The van der Waals surface area contributed by atoms with Gasteiger partial charge in [-0.05, 0) is 44.4 Å². The molecule has 1 aromatic rings. The Hall–Kier alpha value is -1.58. The number of nitrogens with one attached hydrogen (secondary N) is 1.